The van der Waals surface area contributed by atoms with Crippen molar-refractivity contribution in [3.05, 3.63) is 0 Å². The summed E-state index contributed by atoms with van der Waals surface area (Å²) in [5.74, 6) is 0. The van der Waals surface area contributed by atoms with Gasteiger partial charge < -0.3 is 0 Å². The quantitative estimate of drug-likeness (QED) is 0.616. The van der Waals surface area contributed by atoms with Crippen molar-refractivity contribution in [3.8, 4) is 0 Å². The molecule has 0 radical (unpaired) electrons. The second-order valence-electron chi connectivity index (χ2n) is 4.98. The van der Waals surface area contributed by atoms with Crippen LogP contribution < -0.4 is 0 Å². The number of piperazine rings is 1. The Bertz CT molecular complexity index is 201. The van der Waals surface area contributed by atoms with Crippen LogP contribution in [0.25, 0.3) is 0 Å². The fraction of sp³-hybridized carbons (Fsp3) is 1.00. The van der Waals surface area contributed by atoms with E-state index in [9.17, 15) is 0 Å². The molecule has 1 aliphatic heterocycles. The minimum absolute atomic E-state index is 0.0711. The number of rotatable bonds is 1. The van der Waals surface area contributed by atoms with Crippen molar-refractivity contribution in [2.45, 2.75) is 46.2 Å². The molecule has 0 aromatic heterocycles. The van der Waals surface area contributed by atoms with Gasteiger partial charge in [-0.05, 0) is 34.6 Å². The zero-order valence-electron chi connectivity index (χ0n) is 11.5. The molecule has 0 N–H and O–H groups in total. The molecule has 2 atom stereocenters. The normalized spacial score (nSPS) is 36.2. The van der Waals surface area contributed by atoms with Gasteiger partial charge in [0.2, 0.25) is 0 Å². The highest BCUT2D eigenvalue weighted by molar-refractivity contribution is 4.82. The van der Waals surface area contributed by atoms with Crippen LogP contribution in [0.3, 0.4) is 0 Å². The van der Waals surface area contributed by atoms with Gasteiger partial charge in [-0.25, -0.2) is 0 Å². The van der Waals surface area contributed by atoms with Crippen LogP contribution in [0.5, 0.6) is 0 Å². The van der Waals surface area contributed by atoms with Gasteiger partial charge in [0, 0.05) is 40.5 Å². The third-order valence-electron chi connectivity index (χ3n) is 2.57. The summed E-state index contributed by atoms with van der Waals surface area (Å²) >= 11 is 0. The first-order valence-corrected chi connectivity index (χ1v) is 5.10. The van der Waals surface area contributed by atoms with Gasteiger partial charge in [0.25, 0.3) is 0 Å². The molecule has 2 heteroatoms. The smallest absolute Gasteiger partial charge is 0.0444 e. The molecule has 2 nitrogen and oxygen atoms in total. The molecule has 0 aromatic rings. The van der Waals surface area contributed by atoms with E-state index in [1.165, 1.54) is 0 Å². The maximum absolute atomic E-state index is 8.06. The highest BCUT2D eigenvalue weighted by Crippen LogP contribution is 2.16. The van der Waals surface area contributed by atoms with Crippen LogP contribution in [0.15, 0.2) is 0 Å². The summed E-state index contributed by atoms with van der Waals surface area (Å²) in [6.07, 6.45) is 0. The van der Waals surface area contributed by atoms with Gasteiger partial charge in [0.05, 0.1) is 0 Å². The Morgan fingerprint density at radius 3 is 1.92 bits per heavy atom. The van der Waals surface area contributed by atoms with E-state index in [-0.39, 0.29) is 24.6 Å². The maximum Gasteiger partial charge on any atom is 0.0444 e. The lowest BCUT2D eigenvalue weighted by atomic mass is 10.0. The van der Waals surface area contributed by atoms with Gasteiger partial charge >= 0.3 is 0 Å². The number of hydrogen-bond donors (Lipinski definition) is 0. The lowest BCUT2D eigenvalue weighted by Crippen LogP contribution is -2.54. The van der Waals surface area contributed by atoms with Gasteiger partial charge in [0.15, 0.2) is 0 Å². The van der Waals surface area contributed by atoms with Gasteiger partial charge in [-0.2, -0.15) is 0 Å². The summed E-state index contributed by atoms with van der Waals surface area (Å²) in [6, 6.07) is 0.289. The number of nitrogens with zero attached hydrogens (tertiary/aromatic N) is 2. The summed E-state index contributed by atoms with van der Waals surface area (Å²) in [5.41, 5.74) is 0.0711. The van der Waals surface area contributed by atoms with E-state index >= 15 is 0 Å². The molecule has 0 saturated carbocycles. The Kier molecular flexibility index (Phi) is 2.52. The van der Waals surface area contributed by atoms with Crippen LogP contribution in [0.2, 0.25) is 0 Å². The van der Waals surface area contributed by atoms with Gasteiger partial charge in [-0.15, -0.1) is 0 Å². The molecule has 1 fully saturated rings. The monoisotopic (exact) mass is 186 g/mol. The molecule has 0 aromatic carbocycles. The van der Waals surface area contributed by atoms with Gasteiger partial charge in [-0.3, -0.25) is 9.80 Å². The molecule has 1 aliphatic rings. The molecular weight excluding hydrogens is 160 g/mol. The molecule has 1 rings (SSSR count). The molecule has 1 saturated heterocycles. The predicted molar refractivity (Wildman–Crippen MR) is 58.0 cm³/mol. The van der Waals surface area contributed by atoms with Crippen molar-refractivity contribution < 1.29 is 2.74 Å². The van der Waals surface area contributed by atoms with Crippen molar-refractivity contribution in [3.63, 3.8) is 0 Å². The molecule has 0 spiro atoms. The van der Waals surface area contributed by atoms with Crippen molar-refractivity contribution in [1.82, 2.24) is 9.80 Å². The topological polar surface area (TPSA) is 6.48 Å². The van der Waals surface area contributed by atoms with Crippen LogP contribution >= 0.6 is 0 Å². The largest absolute Gasteiger partial charge is 0.298 e. The van der Waals surface area contributed by atoms with Crippen molar-refractivity contribution >= 4 is 0 Å². The minimum Gasteiger partial charge on any atom is -0.298 e. The van der Waals surface area contributed by atoms with E-state index < -0.39 is 0 Å². The van der Waals surface area contributed by atoms with Crippen LogP contribution in [-0.4, -0.2) is 47.5 Å². The van der Waals surface area contributed by atoms with Crippen molar-refractivity contribution in [1.29, 1.82) is 0 Å². The zero-order chi connectivity index (χ0) is 11.8. The molecule has 0 aliphatic carbocycles. The van der Waals surface area contributed by atoms with Gasteiger partial charge in [0.1, 0.15) is 0 Å². The highest BCUT2D eigenvalue weighted by atomic mass is 15.3. The summed E-state index contributed by atoms with van der Waals surface area (Å²) < 4.78 is 16.1. The molecule has 13 heavy (non-hydrogen) atoms. The average Bonchev–Trinajstić information content (AvgIpc) is 1.99. The summed E-state index contributed by atoms with van der Waals surface area (Å²) in [6.45, 7) is 11.5. The van der Waals surface area contributed by atoms with E-state index in [0.717, 1.165) is 13.1 Å². The van der Waals surface area contributed by atoms with Crippen LogP contribution in [0, 0.1) is 0 Å². The zero-order valence-corrected chi connectivity index (χ0v) is 9.54. The van der Waals surface area contributed by atoms with E-state index in [2.05, 4.69) is 39.5 Å². The first kappa shape index (κ1) is 8.25. The predicted octanol–water partition coefficient (Wildman–Crippen LogP) is 1.81. The Morgan fingerprint density at radius 1 is 1.15 bits per heavy atom. The summed E-state index contributed by atoms with van der Waals surface area (Å²) in [7, 11) is 0. The summed E-state index contributed by atoms with van der Waals surface area (Å²) in [5, 5.41) is 0. The van der Waals surface area contributed by atoms with Crippen LogP contribution in [-0.2, 0) is 0 Å². The second kappa shape index (κ2) is 3.97. The molecule has 0 bridgehead atoms. The number of hydrogen-bond acceptors (Lipinski definition) is 2. The van der Waals surface area contributed by atoms with Gasteiger partial charge in [-0.1, -0.05) is 0 Å². The fourth-order valence-corrected chi connectivity index (χ4v) is 1.50. The van der Waals surface area contributed by atoms with E-state index in [1.807, 2.05) is 4.90 Å². The Labute approximate surface area is 85.7 Å². The SMILES string of the molecule is [2H]C1CN(C(C)(C)C)CC([2H])N1C(C)C. The Balaban J connectivity index is 2.71. The third kappa shape index (κ3) is 2.96. The lowest BCUT2D eigenvalue weighted by Gasteiger charge is -2.43. The fourth-order valence-electron chi connectivity index (χ4n) is 1.50. The van der Waals surface area contributed by atoms with E-state index in [0.29, 0.717) is 0 Å². The van der Waals surface area contributed by atoms with E-state index in [1.54, 1.807) is 0 Å². The molecule has 1 heterocycles. The molecule has 2 unspecified atom stereocenters. The van der Waals surface area contributed by atoms with Crippen LogP contribution in [0.4, 0.5) is 0 Å². The van der Waals surface area contributed by atoms with E-state index in [4.69, 9.17) is 2.74 Å². The molecule has 0 amide bonds. The average molecular weight is 186 g/mol. The molecule has 78 valence electrons. The van der Waals surface area contributed by atoms with Crippen molar-refractivity contribution in [2.75, 3.05) is 26.1 Å². The summed E-state index contributed by atoms with van der Waals surface area (Å²) in [4.78, 5) is 4.21. The first-order chi connectivity index (χ1) is 6.73. The maximum atomic E-state index is 8.06. The Morgan fingerprint density at radius 2 is 1.62 bits per heavy atom. The first-order valence-electron chi connectivity index (χ1n) is 6.26. The highest BCUT2D eigenvalue weighted by Gasteiger charge is 2.26. The van der Waals surface area contributed by atoms with Crippen molar-refractivity contribution in [2.24, 2.45) is 0 Å². The minimum atomic E-state index is -0.263. The second-order valence-corrected chi connectivity index (χ2v) is 4.98. The third-order valence-corrected chi connectivity index (χ3v) is 2.57. The molecular formula is C11H24N2. The van der Waals surface area contributed by atoms with Crippen LogP contribution in [0.1, 0.15) is 37.4 Å². The Hall–Kier alpha value is -0.0800. The standard InChI is InChI=1S/C11H24N2/c1-10(2)12-6-8-13(9-7-12)11(3,4)5/h10H,6-9H2,1-5H3/i6D,7D. The lowest BCUT2D eigenvalue weighted by molar-refractivity contribution is 0.0491.